The molecule has 3 rings (SSSR count). The Morgan fingerprint density at radius 3 is 2.68 bits per heavy atom. The third-order valence-corrected chi connectivity index (χ3v) is 5.44. The average Bonchev–Trinajstić information content (AvgIpc) is 3.08. The zero-order valence-electron chi connectivity index (χ0n) is 11.6. The van der Waals surface area contributed by atoms with Gasteiger partial charge in [0.1, 0.15) is 0 Å². The first-order chi connectivity index (χ1) is 9.31. The average molecular weight is 274 g/mol. The van der Waals surface area contributed by atoms with E-state index in [0.717, 1.165) is 11.6 Å². The third kappa shape index (κ3) is 2.81. The van der Waals surface area contributed by atoms with Gasteiger partial charge in [0.05, 0.1) is 6.04 Å². The van der Waals surface area contributed by atoms with Crippen LogP contribution >= 0.6 is 11.8 Å². The highest BCUT2D eigenvalue weighted by molar-refractivity contribution is 8.14. The fourth-order valence-corrected chi connectivity index (χ4v) is 4.38. The lowest BCUT2D eigenvalue weighted by Gasteiger charge is -2.22. The van der Waals surface area contributed by atoms with E-state index in [-0.39, 0.29) is 0 Å². The van der Waals surface area contributed by atoms with Crippen LogP contribution in [0, 0.1) is 0 Å². The van der Waals surface area contributed by atoms with Crippen LogP contribution in [0.5, 0.6) is 0 Å². The summed E-state index contributed by atoms with van der Waals surface area (Å²) in [5, 5.41) is 4.88. The number of nitrogens with one attached hydrogen (secondary N) is 1. The van der Waals surface area contributed by atoms with E-state index in [9.17, 15) is 0 Å². The highest BCUT2D eigenvalue weighted by atomic mass is 32.2. The van der Waals surface area contributed by atoms with Crippen LogP contribution in [0.2, 0.25) is 0 Å². The Kier molecular flexibility index (Phi) is 3.83. The van der Waals surface area contributed by atoms with Crippen molar-refractivity contribution in [2.24, 2.45) is 4.99 Å². The van der Waals surface area contributed by atoms with Crippen LogP contribution in [-0.2, 0) is 0 Å². The topological polar surface area (TPSA) is 24.4 Å². The summed E-state index contributed by atoms with van der Waals surface area (Å²) in [7, 11) is 0. The van der Waals surface area contributed by atoms with Crippen molar-refractivity contribution in [1.29, 1.82) is 0 Å². The summed E-state index contributed by atoms with van der Waals surface area (Å²) in [5.74, 6) is 1.21. The lowest BCUT2D eigenvalue weighted by molar-refractivity contribution is 0.451. The van der Waals surface area contributed by atoms with Crippen molar-refractivity contribution in [2.75, 3.05) is 5.75 Å². The number of benzene rings is 1. The molecular formula is C16H22N2S. The van der Waals surface area contributed by atoms with Crippen molar-refractivity contribution in [3.63, 3.8) is 0 Å². The van der Waals surface area contributed by atoms with Gasteiger partial charge in [0.25, 0.3) is 0 Å². The first-order valence-corrected chi connectivity index (χ1v) is 8.34. The molecule has 1 aromatic carbocycles. The minimum Gasteiger partial charge on any atom is -0.359 e. The number of rotatable bonds is 3. The Morgan fingerprint density at radius 1 is 1.26 bits per heavy atom. The van der Waals surface area contributed by atoms with Crippen molar-refractivity contribution >= 4 is 16.9 Å². The molecule has 1 spiro atoms. The number of hydrogen-bond donors (Lipinski definition) is 1. The van der Waals surface area contributed by atoms with Crippen LogP contribution < -0.4 is 5.32 Å². The summed E-state index contributed by atoms with van der Waals surface area (Å²) in [4.78, 5) is 4.95. The molecule has 0 bridgehead atoms. The van der Waals surface area contributed by atoms with E-state index >= 15 is 0 Å². The Balaban J connectivity index is 1.74. The van der Waals surface area contributed by atoms with Gasteiger partial charge in [0.15, 0.2) is 5.17 Å². The molecule has 0 amide bonds. The normalized spacial score (nSPS) is 24.8. The van der Waals surface area contributed by atoms with Crippen LogP contribution in [0.1, 0.15) is 50.6 Å². The molecule has 1 atom stereocenters. The lowest BCUT2D eigenvalue weighted by Crippen LogP contribution is -2.40. The van der Waals surface area contributed by atoms with E-state index in [0.29, 0.717) is 11.6 Å². The van der Waals surface area contributed by atoms with E-state index in [1.54, 1.807) is 0 Å². The second kappa shape index (κ2) is 5.58. The number of nitrogens with zero attached hydrogens (tertiary/aromatic N) is 1. The molecule has 2 aliphatic rings. The molecule has 1 heterocycles. The van der Waals surface area contributed by atoms with Crippen molar-refractivity contribution in [2.45, 2.75) is 50.6 Å². The van der Waals surface area contributed by atoms with Gasteiger partial charge >= 0.3 is 0 Å². The summed E-state index contributed by atoms with van der Waals surface area (Å²) in [6.45, 7) is 2.21. The molecule has 102 valence electrons. The molecule has 1 aliphatic carbocycles. The third-order valence-electron chi connectivity index (χ3n) is 4.26. The van der Waals surface area contributed by atoms with Crippen LogP contribution in [0.4, 0.5) is 0 Å². The molecule has 0 aromatic heterocycles. The summed E-state index contributed by atoms with van der Waals surface area (Å²) in [6.07, 6.45) is 6.44. The molecule has 1 saturated heterocycles. The van der Waals surface area contributed by atoms with Crippen LogP contribution in [0.15, 0.2) is 35.3 Å². The van der Waals surface area contributed by atoms with Gasteiger partial charge in [-0.3, -0.25) is 4.99 Å². The SMILES string of the molecule is CCC(N=C1NC2(CCCC2)CS1)c1ccccc1. The maximum atomic E-state index is 4.95. The van der Waals surface area contributed by atoms with E-state index in [1.807, 2.05) is 11.8 Å². The van der Waals surface area contributed by atoms with Gasteiger partial charge in [-0.2, -0.15) is 0 Å². The van der Waals surface area contributed by atoms with Crippen molar-refractivity contribution < 1.29 is 0 Å². The first kappa shape index (κ1) is 13.0. The molecule has 1 aliphatic heterocycles. The van der Waals surface area contributed by atoms with Crippen LogP contribution in [0.25, 0.3) is 0 Å². The van der Waals surface area contributed by atoms with E-state index in [2.05, 4.69) is 42.6 Å². The number of thioether (sulfide) groups is 1. The molecular weight excluding hydrogens is 252 g/mol. The second-order valence-corrected chi connectivity index (χ2v) is 6.63. The summed E-state index contributed by atoms with van der Waals surface area (Å²) < 4.78 is 0. The van der Waals surface area contributed by atoms with Crippen LogP contribution in [-0.4, -0.2) is 16.5 Å². The highest BCUT2D eigenvalue weighted by Crippen LogP contribution is 2.38. The van der Waals surface area contributed by atoms with E-state index < -0.39 is 0 Å². The summed E-state index contributed by atoms with van der Waals surface area (Å²) >= 11 is 1.92. The van der Waals surface area contributed by atoms with Gasteiger partial charge in [-0.15, -0.1) is 0 Å². The fourth-order valence-electron chi connectivity index (χ4n) is 3.11. The molecule has 0 radical (unpaired) electrons. The Hall–Kier alpha value is -0.960. The lowest BCUT2D eigenvalue weighted by atomic mass is 10.0. The highest BCUT2D eigenvalue weighted by Gasteiger charge is 2.39. The first-order valence-electron chi connectivity index (χ1n) is 7.35. The molecule has 2 fully saturated rings. The zero-order valence-corrected chi connectivity index (χ0v) is 12.4. The van der Waals surface area contributed by atoms with Crippen molar-refractivity contribution in [3.05, 3.63) is 35.9 Å². The van der Waals surface area contributed by atoms with Crippen LogP contribution in [0.3, 0.4) is 0 Å². The van der Waals surface area contributed by atoms with E-state index in [1.165, 1.54) is 37.0 Å². The molecule has 1 N–H and O–H groups in total. The predicted octanol–water partition coefficient (Wildman–Crippen LogP) is 4.14. The van der Waals surface area contributed by atoms with Crippen molar-refractivity contribution in [1.82, 2.24) is 5.32 Å². The number of amidine groups is 1. The molecule has 2 nitrogen and oxygen atoms in total. The molecule has 3 heteroatoms. The number of hydrogen-bond acceptors (Lipinski definition) is 2. The van der Waals surface area contributed by atoms with Gasteiger partial charge in [0, 0.05) is 11.3 Å². The minimum absolute atomic E-state index is 0.299. The van der Waals surface area contributed by atoms with Gasteiger partial charge in [-0.05, 0) is 24.8 Å². The smallest absolute Gasteiger partial charge is 0.157 e. The Labute approximate surface area is 120 Å². The van der Waals surface area contributed by atoms with Crippen molar-refractivity contribution in [3.8, 4) is 0 Å². The molecule has 1 unspecified atom stereocenters. The molecule has 1 aromatic rings. The number of aliphatic imine (C=N–C) groups is 1. The monoisotopic (exact) mass is 274 g/mol. The zero-order chi connectivity index (χ0) is 13.1. The standard InChI is InChI=1S/C16H22N2S/c1-2-14(13-8-4-3-5-9-13)17-15-18-16(12-19-15)10-6-7-11-16/h3-5,8-9,14H,2,6-7,10-12H2,1H3,(H,17,18). The summed E-state index contributed by atoms with van der Waals surface area (Å²) in [5.41, 5.74) is 1.70. The van der Waals surface area contributed by atoms with Gasteiger partial charge in [0.2, 0.25) is 0 Å². The maximum absolute atomic E-state index is 4.95. The second-order valence-electron chi connectivity index (χ2n) is 5.67. The molecule has 19 heavy (non-hydrogen) atoms. The molecule has 1 saturated carbocycles. The summed E-state index contributed by atoms with van der Waals surface area (Å²) in [6, 6.07) is 10.9. The van der Waals surface area contributed by atoms with Gasteiger partial charge < -0.3 is 5.32 Å². The maximum Gasteiger partial charge on any atom is 0.157 e. The minimum atomic E-state index is 0.299. The largest absolute Gasteiger partial charge is 0.359 e. The fraction of sp³-hybridized carbons (Fsp3) is 0.562. The predicted molar refractivity (Wildman–Crippen MR) is 83.7 cm³/mol. The Bertz CT molecular complexity index is 449. The Morgan fingerprint density at radius 2 is 2.00 bits per heavy atom. The van der Waals surface area contributed by atoms with E-state index in [4.69, 9.17) is 4.99 Å². The quantitative estimate of drug-likeness (QED) is 0.895. The van der Waals surface area contributed by atoms with Gasteiger partial charge in [-0.1, -0.05) is 61.9 Å². The van der Waals surface area contributed by atoms with Gasteiger partial charge in [-0.25, -0.2) is 0 Å².